The first kappa shape index (κ1) is 13.5. The minimum absolute atomic E-state index is 0.704. The number of fused-ring (bicyclic) bond motifs is 1. The molecule has 1 aromatic carbocycles. The number of thioether (sulfide) groups is 1. The second-order valence-corrected chi connectivity index (χ2v) is 6.36. The zero-order valence-corrected chi connectivity index (χ0v) is 13.3. The lowest BCUT2D eigenvalue weighted by molar-refractivity contribution is 0.415. The number of hydrogen-bond acceptors (Lipinski definition) is 7. The molecule has 0 fully saturated rings. The summed E-state index contributed by atoms with van der Waals surface area (Å²) in [6.45, 7) is 0. The average Bonchev–Trinajstić information content (AvgIpc) is 3.23. The third-order valence-corrected chi connectivity index (χ3v) is 4.93. The van der Waals surface area contributed by atoms with Crippen LogP contribution in [0.3, 0.4) is 0 Å². The van der Waals surface area contributed by atoms with Crippen LogP contribution < -0.4 is 4.74 Å². The van der Waals surface area contributed by atoms with E-state index >= 15 is 0 Å². The lowest BCUT2D eigenvalue weighted by atomic mass is 10.2. The van der Waals surface area contributed by atoms with E-state index < -0.39 is 0 Å². The Bertz CT molecular complexity index is 841. The van der Waals surface area contributed by atoms with Crippen LogP contribution in [0.1, 0.15) is 5.01 Å². The van der Waals surface area contributed by atoms with Gasteiger partial charge in [-0.25, -0.2) is 4.98 Å². The van der Waals surface area contributed by atoms with Gasteiger partial charge in [-0.05, 0) is 12.1 Å². The molecule has 0 N–H and O–H groups in total. The quantitative estimate of drug-likeness (QED) is 0.739. The smallest absolute Gasteiger partial charge is 0.212 e. The average molecular weight is 329 g/mol. The van der Waals surface area contributed by atoms with Crippen molar-refractivity contribution in [3.05, 3.63) is 40.8 Å². The lowest BCUT2D eigenvalue weighted by Gasteiger charge is -2.12. The van der Waals surface area contributed by atoms with E-state index in [0.29, 0.717) is 5.82 Å². The number of benzene rings is 1. The molecular weight excluding hydrogens is 318 g/mol. The third kappa shape index (κ3) is 2.30. The molecule has 0 radical (unpaired) electrons. The maximum absolute atomic E-state index is 5.27. The molecule has 0 spiro atoms. The molecule has 22 heavy (non-hydrogen) atoms. The second kappa shape index (κ2) is 5.54. The molecule has 8 heteroatoms. The van der Waals surface area contributed by atoms with E-state index in [0.717, 1.165) is 32.9 Å². The first-order valence-electron chi connectivity index (χ1n) is 6.55. The van der Waals surface area contributed by atoms with Gasteiger partial charge < -0.3 is 4.74 Å². The standard InChI is InChI=1S/C14H11N5OS2/c1-20-10-4-2-3-9(7-10)12-16-17-14-19(12)18-11(8-22-14)13-15-5-6-21-13/h2-7H,8H2,1H3. The molecule has 1 aliphatic rings. The lowest BCUT2D eigenvalue weighted by Crippen LogP contribution is -2.13. The predicted octanol–water partition coefficient (Wildman–Crippen LogP) is 2.77. The van der Waals surface area contributed by atoms with Gasteiger partial charge in [-0.2, -0.15) is 9.78 Å². The van der Waals surface area contributed by atoms with Crippen LogP contribution in [0.15, 0.2) is 46.1 Å². The second-order valence-electron chi connectivity index (χ2n) is 4.52. The van der Waals surface area contributed by atoms with Crippen LogP contribution in [0.4, 0.5) is 0 Å². The number of nitrogens with zero attached hydrogens (tertiary/aromatic N) is 5. The summed E-state index contributed by atoms with van der Waals surface area (Å²) in [6.07, 6.45) is 1.79. The monoisotopic (exact) mass is 329 g/mol. The highest BCUT2D eigenvalue weighted by Gasteiger charge is 2.21. The maximum atomic E-state index is 5.27. The fourth-order valence-corrected chi connectivity index (χ4v) is 3.66. The third-order valence-electron chi connectivity index (χ3n) is 3.18. The van der Waals surface area contributed by atoms with Crippen LogP contribution in [0.25, 0.3) is 11.4 Å². The van der Waals surface area contributed by atoms with Gasteiger partial charge in [0.15, 0.2) is 5.82 Å². The molecule has 4 rings (SSSR count). The van der Waals surface area contributed by atoms with E-state index in [1.54, 1.807) is 41.1 Å². The number of aromatic nitrogens is 4. The topological polar surface area (TPSA) is 65.2 Å². The van der Waals surface area contributed by atoms with Crippen molar-refractivity contribution in [3.63, 3.8) is 0 Å². The van der Waals surface area contributed by atoms with Crippen molar-refractivity contribution in [2.45, 2.75) is 5.16 Å². The van der Waals surface area contributed by atoms with Gasteiger partial charge in [-0.3, -0.25) is 0 Å². The Labute approximate surface area is 134 Å². The van der Waals surface area contributed by atoms with Gasteiger partial charge in [0.2, 0.25) is 5.16 Å². The van der Waals surface area contributed by atoms with Gasteiger partial charge in [-0.15, -0.1) is 21.5 Å². The predicted molar refractivity (Wildman–Crippen MR) is 86.8 cm³/mol. The summed E-state index contributed by atoms with van der Waals surface area (Å²) in [6, 6.07) is 7.72. The van der Waals surface area contributed by atoms with Crippen LogP contribution in [-0.2, 0) is 0 Å². The summed E-state index contributed by atoms with van der Waals surface area (Å²) in [7, 11) is 1.65. The zero-order chi connectivity index (χ0) is 14.9. The molecule has 3 heterocycles. The van der Waals surface area contributed by atoms with Crippen molar-refractivity contribution < 1.29 is 4.74 Å². The van der Waals surface area contributed by atoms with E-state index in [-0.39, 0.29) is 0 Å². The summed E-state index contributed by atoms with van der Waals surface area (Å²) < 4.78 is 7.05. The molecule has 0 bridgehead atoms. The summed E-state index contributed by atoms with van der Waals surface area (Å²) in [4.78, 5) is 4.33. The van der Waals surface area contributed by atoms with Crippen molar-refractivity contribution in [3.8, 4) is 17.1 Å². The summed E-state index contributed by atoms with van der Waals surface area (Å²) >= 11 is 3.20. The highest BCUT2D eigenvalue weighted by Crippen LogP contribution is 2.30. The Morgan fingerprint density at radius 1 is 1.27 bits per heavy atom. The van der Waals surface area contributed by atoms with Crippen LogP contribution in [0, 0.1) is 0 Å². The van der Waals surface area contributed by atoms with Crippen LogP contribution >= 0.6 is 23.1 Å². The molecule has 6 nitrogen and oxygen atoms in total. The van der Waals surface area contributed by atoms with Crippen molar-refractivity contribution >= 4 is 28.8 Å². The first-order valence-corrected chi connectivity index (χ1v) is 8.42. The molecule has 0 unspecified atom stereocenters. The Balaban J connectivity index is 1.80. The molecule has 0 aliphatic carbocycles. The van der Waals surface area contributed by atoms with Gasteiger partial charge >= 0.3 is 0 Å². The number of ether oxygens (including phenoxy) is 1. The zero-order valence-electron chi connectivity index (χ0n) is 11.6. The van der Waals surface area contributed by atoms with Gasteiger partial charge in [0.25, 0.3) is 0 Å². The SMILES string of the molecule is COc1cccc(-c2nnc3n2N=C(c2nccs2)CS3)c1. The normalized spacial score (nSPS) is 13.6. The van der Waals surface area contributed by atoms with E-state index in [1.807, 2.05) is 29.6 Å². The van der Waals surface area contributed by atoms with Crippen molar-refractivity contribution in [1.29, 1.82) is 0 Å². The molecule has 1 aliphatic heterocycles. The number of hydrogen-bond donors (Lipinski definition) is 0. The van der Waals surface area contributed by atoms with Gasteiger partial charge in [-0.1, -0.05) is 23.9 Å². The Hall–Kier alpha value is -2.19. The largest absolute Gasteiger partial charge is 0.497 e. The molecule has 110 valence electrons. The summed E-state index contributed by atoms with van der Waals surface area (Å²) in [5, 5.41) is 16.8. The van der Waals surface area contributed by atoms with Crippen molar-refractivity contribution in [1.82, 2.24) is 19.9 Å². The fourth-order valence-electron chi connectivity index (χ4n) is 2.14. The van der Waals surface area contributed by atoms with Gasteiger partial charge in [0, 0.05) is 22.9 Å². The number of rotatable bonds is 3. The number of methoxy groups -OCH3 is 1. The molecule has 0 saturated carbocycles. The highest BCUT2D eigenvalue weighted by molar-refractivity contribution is 7.99. The van der Waals surface area contributed by atoms with Crippen LogP contribution in [-0.4, -0.2) is 38.4 Å². The number of thiazole rings is 1. The molecule has 0 atom stereocenters. The van der Waals surface area contributed by atoms with Gasteiger partial charge in [0.1, 0.15) is 16.5 Å². The Morgan fingerprint density at radius 3 is 3.05 bits per heavy atom. The van der Waals surface area contributed by atoms with E-state index in [4.69, 9.17) is 4.74 Å². The van der Waals surface area contributed by atoms with Crippen molar-refractivity contribution in [2.24, 2.45) is 5.10 Å². The minimum atomic E-state index is 0.704. The molecule has 0 saturated heterocycles. The van der Waals surface area contributed by atoms with E-state index in [2.05, 4.69) is 20.3 Å². The first-order chi connectivity index (χ1) is 10.8. The molecule has 0 amide bonds. The van der Waals surface area contributed by atoms with Crippen LogP contribution in [0.2, 0.25) is 0 Å². The fraction of sp³-hybridized carbons (Fsp3) is 0.143. The van der Waals surface area contributed by atoms with E-state index in [1.165, 1.54) is 0 Å². The molecule has 2 aromatic heterocycles. The Morgan fingerprint density at radius 2 is 2.23 bits per heavy atom. The van der Waals surface area contributed by atoms with Crippen LogP contribution in [0.5, 0.6) is 5.75 Å². The summed E-state index contributed by atoms with van der Waals surface area (Å²) in [5.74, 6) is 2.24. The maximum Gasteiger partial charge on any atom is 0.212 e. The highest BCUT2D eigenvalue weighted by atomic mass is 32.2. The minimum Gasteiger partial charge on any atom is -0.497 e. The Kier molecular flexibility index (Phi) is 3.39. The summed E-state index contributed by atoms with van der Waals surface area (Å²) in [5.41, 5.74) is 1.86. The molecular formula is C14H11N5OS2. The van der Waals surface area contributed by atoms with Crippen molar-refractivity contribution in [2.75, 3.05) is 12.9 Å². The van der Waals surface area contributed by atoms with E-state index in [9.17, 15) is 0 Å². The van der Waals surface area contributed by atoms with Gasteiger partial charge in [0.05, 0.1) is 7.11 Å². The molecule has 3 aromatic rings.